The van der Waals surface area contributed by atoms with E-state index in [-0.39, 0.29) is 0 Å². The summed E-state index contributed by atoms with van der Waals surface area (Å²) in [6.45, 7) is 0. The molecule has 51 heavy (non-hydrogen) atoms. The molecule has 1 aromatic heterocycles. The molecule has 0 unspecified atom stereocenters. The summed E-state index contributed by atoms with van der Waals surface area (Å²) in [6, 6.07) is 66.5. The molecule has 0 saturated heterocycles. The van der Waals surface area contributed by atoms with Gasteiger partial charge in [-0.25, -0.2) is 0 Å². The molecule has 10 aromatic carbocycles. The van der Waals surface area contributed by atoms with Crippen molar-refractivity contribution in [3.8, 4) is 33.4 Å². The first-order valence-corrected chi connectivity index (χ1v) is 17.6. The second kappa shape index (κ2) is 10.9. The van der Waals surface area contributed by atoms with Crippen LogP contribution >= 0.6 is 0 Å². The lowest BCUT2D eigenvalue weighted by Crippen LogP contribution is -1.92. The average molecular weight is 647 g/mol. The quantitative estimate of drug-likeness (QED) is 0.174. The van der Waals surface area contributed by atoms with Gasteiger partial charge in [-0.15, -0.1) is 0 Å². The van der Waals surface area contributed by atoms with Crippen molar-refractivity contribution >= 4 is 75.8 Å². The van der Waals surface area contributed by atoms with E-state index in [0.717, 1.165) is 16.6 Å². The Morgan fingerprint density at radius 3 is 1.55 bits per heavy atom. The number of furan rings is 1. The fourth-order valence-electron chi connectivity index (χ4n) is 8.56. The number of para-hydroxylation sites is 1. The molecule has 0 spiro atoms. The van der Waals surface area contributed by atoms with Gasteiger partial charge in [-0.3, -0.25) is 0 Å². The monoisotopic (exact) mass is 646 g/mol. The summed E-state index contributed by atoms with van der Waals surface area (Å²) in [5.41, 5.74) is 9.34. The Balaban J connectivity index is 1.16. The minimum atomic E-state index is 0.925. The summed E-state index contributed by atoms with van der Waals surface area (Å²) in [5, 5.41) is 14.8. The van der Waals surface area contributed by atoms with Gasteiger partial charge in [0.25, 0.3) is 0 Å². The fraction of sp³-hybridized carbons (Fsp3) is 0. The predicted molar refractivity (Wildman–Crippen MR) is 218 cm³/mol. The van der Waals surface area contributed by atoms with Gasteiger partial charge in [0.05, 0.1) is 0 Å². The molecule has 1 heterocycles. The molecule has 1 heteroatoms. The molecule has 0 bridgehead atoms. The third kappa shape index (κ3) is 4.22. The second-order valence-corrected chi connectivity index (χ2v) is 13.6. The highest BCUT2D eigenvalue weighted by atomic mass is 16.3. The Hall–Kier alpha value is -6.70. The van der Waals surface area contributed by atoms with E-state index in [2.05, 4.69) is 176 Å². The van der Waals surface area contributed by atoms with E-state index in [4.69, 9.17) is 4.42 Å². The Kier molecular flexibility index (Phi) is 6.02. The predicted octanol–water partition coefficient (Wildman–Crippen LogP) is 14.4. The van der Waals surface area contributed by atoms with E-state index in [9.17, 15) is 0 Å². The van der Waals surface area contributed by atoms with Gasteiger partial charge in [0, 0.05) is 10.8 Å². The molecule has 0 amide bonds. The van der Waals surface area contributed by atoms with Crippen LogP contribution in [-0.4, -0.2) is 0 Å². The molecule has 11 rings (SSSR count). The highest BCUT2D eigenvalue weighted by Gasteiger charge is 2.20. The SMILES string of the molecule is c1ccc2cc(-c3ccc(-c4c5ccccc5c(-c5ccc6c(ccc7oc8ccccc8c76)c5)c5ccccc45)c4ccccc34)ccc2c1. The number of fused-ring (bicyclic) bond motifs is 9. The highest BCUT2D eigenvalue weighted by Crippen LogP contribution is 2.47. The summed E-state index contributed by atoms with van der Waals surface area (Å²) in [7, 11) is 0. The smallest absolute Gasteiger partial charge is 0.136 e. The van der Waals surface area contributed by atoms with Crippen LogP contribution in [0.25, 0.3) is 109 Å². The van der Waals surface area contributed by atoms with E-state index in [0.29, 0.717) is 0 Å². The van der Waals surface area contributed by atoms with Crippen LogP contribution in [0.5, 0.6) is 0 Å². The number of benzene rings is 10. The van der Waals surface area contributed by atoms with Crippen molar-refractivity contribution in [2.24, 2.45) is 0 Å². The first kappa shape index (κ1) is 28.2. The second-order valence-electron chi connectivity index (χ2n) is 13.6. The van der Waals surface area contributed by atoms with Crippen molar-refractivity contribution in [1.82, 2.24) is 0 Å². The van der Waals surface area contributed by atoms with Crippen LogP contribution in [0.4, 0.5) is 0 Å². The van der Waals surface area contributed by atoms with Crippen molar-refractivity contribution < 1.29 is 4.42 Å². The molecule has 1 nitrogen and oxygen atoms in total. The van der Waals surface area contributed by atoms with Crippen LogP contribution in [0.1, 0.15) is 0 Å². The molecule has 0 fully saturated rings. The summed E-state index contributed by atoms with van der Waals surface area (Å²) in [5.74, 6) is 0. The maximum atomic E-state index is 6.23. The van der Waals surface area contributed by atoms with Crippen LogP contribution < -0.4 is 0 Å². The first-order chi connectivity index (χ1) is 25.3. The van der Waals surface area contributed by atoms with Crippen molar-refractivity contribution in [3.05, 3.63) is 182 Å². The van der Waals surface area contributed by atoms with E-state index < -0.39 is 0 Å². The number of rotatable bonds is 3. The van der Waals surface area contributed by atoms with Crippen molar-refractivity contribution in [2.75, 3.05) is 0 Å². The van der Waals surface area contributed by atoms with Gasteiger partial charge in [-0.1, -0.05) is 158 Å². The minimum Gasteiger partial charge on any atom is -0.456 e. The molecular formula is C50H30O. The normalized spacial score (nSPS) is 11.9. The molecule has 0 aliphatic rings. The summed E-state index contributed by atoms with van der Waals surface area (Å²) in [6.07, 6.45) is 0. The fourth-order valence-corrected chi connectivity index (χ4v) is 8.56. The third-order valence-corrected chi connectivity index (χ3v) is 10.8. The van der Waals surface area contributed by atoms with E-state index in [1.165, 1.54) is 92.6 Å². The zero-order valence-corrected chi connectivity index (χ0v) is 27.7. The van der Waals surface area contributed by atoms with Crippen molar-refractivity contribution in [1.29, 1.82) is 0 Å². The zero-order valence-electron chi connectivity index (χ0n) is 27.7. The van der Waals surface area contributed by atoms with Crippen LogP contribution in [-0.2, 0) is 0 Å². The van der Waals surface area contributed by atoms with Crippen LogP contribution in [0, 0.1) is 0 Å². The average Bonchev–Trinajstić information content (AvgIpc) is 3.58. The molecule has 0 aliphatic carbocycles. The van der Waals surface area contributed by atoms with Crippen molar-refractivity contribution in [3.63, 3.8) is 0 Å². The van der Waals surface area contributed by atoms with Gasteiger partial charge >= 0.3 is 0 Å². The maximum Gasteiger partial charge on any atom is 0.136 e. The van der Waals surface area contributed by atoms with Crippen molar-refractivity contribution in [2.45, 2.75) is 0 Å². The molecule has 0 N–H and O–H groups in total. The maximum absolute atomic E-state index is 6.23. The standard InChI is InChI=1S/C50H30O/c1-2-12-32-29-33(22-21-31(32)11-1)36-26-27-44(39-14-4-3-13-38(36)39)49-42-17-7-5-15-40(42)48(41-16-6-8-18-43(41)49)35-23-25-37-34(30-35)24-28-47-50(37)45-19-9-10-20-46(45)51-47/h1-30H. The minimum absolute atomic E-state index is 0.925. The van der Waals surface area contributed by atoms with E-state index >= 15 is 0 Å². The van der Waals surface area contributed by atoms with Crippen LogP contribution in [0.3, 0.4) is 0 Å². The number of hydrogen-bond acceptors (Lipinski definition) is 1. The first-order valence-electron chi connectivity index (χ1n) is 17.6. The molecular weight excluding hydrogens is 617 g/mol. The Bertz CT molecular complexity index is 3140. The molecule has 0 saturated carbocycles. The summed E-state index contributed by atoms with van der Waals surface area (Å²) >= 11 is 0. The van der Waals surface area contributed by atoms with Crippen LogP contribution in [0.15, 0.2) is 186 Å². The molecule has 11 aromatic rings. The summed E-state index contributed by atoms with van der Waals surface area (Å²) < 4.78 is 6.23. The molecule has 236 valence electrons. The largest absolute Gasteiger partial charge is 0.456 e. The Labute approximate surface area is 294 Å². The number of hydrogen-bond donors (Lipinski definition) is 0. The third-order valence-electron chi connectivity index (χ3n) is 10.8. The Morgan fingerprint density at radius 2 is 0.804 bits per heavy atom. The summed E-state index contributed by atoms with van der Waals surface area (Å²) in [4.78, 5) is 0. The lowest BCUT2D eigenvalue weighted by molar-refractivity contribution is 0.669. The topological polar surface area (TPSA) is 13.1 Å². The van der Waals surface area contributed by atoms with Gasteiger partial charge in [-0.05, 0) is 112 Å². The van der Waals surface area contributed by atoms with Gasteiger partial charge in [-0.2, -0.15) is 0 Å². The van der Waals surface area contributed by atoms with E-state index in [1.807, 2.05) is 6.07 Å². The van der Waals surface area contributed by atoms with Gasteiger partial charge in [0.15, 0.2) is 0 Å². The van der Waals surface area contributed by atoms with Gasteiger partial charge in [0.1, 0.15) is 11.2 Å². The lowest BCUT2D eigenvalue weighted by Gasteiger charge is -2.20. The van der Waals surface area contributed by atoms with Gasteiger partial charge < -0.3 is 4.42 Å². The highest BCUT2D eigenvalue weighted by molar-refractivity contribution is 6.25. The molecule has 0 radical (unpaired) electrons. The molecule has 0 atom stereocenters. The van der Waals surface area contributed by atoms with E-state index in [1.54, 1.807) is 0 Å². The van der Waals surface area contributed by atoms with Crippen LogP contribution in [0.2, 0.25) is 0 Å². The van der Waals surface area contributed by atoms with Gasteiger partial charge in [0.2, 0.25) is 0 Å². The lowest BCUT2D eigenvalue weighted by atomic mass is 9.83. The molecule has 0 aliphatic heterocycles. The zero-order chi connectivity index (χ0) is 33.5. The Morgan fingerprint density at radius 1 is 0.275 bits per heavy atom.